The summed E-state index contributed by atoms with van der Waals surface area (Å²) in [6.45, 7) is 1.84. The van der Waals surface area contributed by atoms with Crippen molar-refractivity contribution in [2.24, 2.45) is 15.4 Å². The second kappa shape index (κ2) is 5.51. The molecule has 0 aliphatic heterocycles. The van der Waals surface area contributed by atoms with E-state index in [2.05, 4.69) is 10.2 Å². The molecule has 0 bridgehead atoms. The van der Waals surface area contributed by atoms with Gasteiger partial charge in [-0.2, -0.15) is 5.11 Å². The Kier molecular flexibility index (Phi) is 3.92. The summed E-state index contributed by atoms with van der Waals surface area (Å²) >= 11 is 0. The van der Waals surface area contributed by atoms with E-state index in [1.54, 1.807) is 12.1 Å². The van der Waals surface area contributed by atoms with E-state index in [-0.39, 0.29) is 4.90 Å². The zero-order chi connectivity index (χ0) is 15.6. The Balaban J connectivity index is 2.28. The number of anilines is 2. The summed E-state index contributed by atoms with van der Waals surface area (Å²) in [5.74, 6) is 0. The van der Waals surface area contributed by atoms with Crippen molar-refractivity contribution in [2.75, 3.05) is 11.5 Å². The maximum Gasteiger partial charge on any atom is 0.238 e. The van der Waals surface area contributed by atoms with Crippen molar-refractivity contribution in [3.8, 4) is 0 Å². The van der Waals surface area contributed by atoms with Crippen LogP contribution in [0.15, 0.2) is 51.5 Å². The number of azo groups is 1. The first-order valence-corrected chi connectivity index (χ1v) is 7.52. The zero-order valence-corrected chi connectivity index (χ0v) is 12.1. The Morgan fingerprint density at radius 3 is 2.14 bits per heavy atom. The van der Waals surface area contributed by atoms with Crippen molar-refractivity contribution in [1.29, 1.82) is 0 Å². The first kappa shape index (κ1) is 14.9. The van der Waals surface area contributed by atoms with E-state index in [1.165, 1.54) is 24.3 Å². The number of nitrogens with zero attached hydrogens (tertiary/aromatic N) is 2. The van der Waals surface area contributed by atoms with Crippen molar-refractivity contribution in [3.63, 3.8) is 0 Å². The standard InChI is InChI=1S/C13H15N5O2S/c1-8-6-13(12(15)7-11(8)14)18-17-9-2-4-10(5-3-9)21(16,19)20/h2-7H,14-15H2,1H3,(H2,16,19,20). The lowest BCUT2D eigenvalue weighted by molar-refractivity contribution is 0.598. The molecule has 8 heteroatoms. The Labute approximate surface area is 122 Å². The van der Waals surface area contributed by atoms with Gasteiger partial charge in [0.1, 0.15) is 5.69 Å². The van der Waals surface area contributed by atoms with Gasteiger partial charge in [0.25, 0.3) is 0 Å². The van der Waals surface area contributed by atoms with E-state index in [4.69, 9.17) is 16.6 Å². The third-order valence-corrected chi connectivity index (χ3v) is 3.78. The van der Waals surface area contributed by atoms with Crippen molar-refractivity contribution < 1.29 is 8.42 Å². The molecule has 0 saturated carbocycles. The minimum atomic E-state index is -3.71. The molecule has 2 aromatic carbocycles. The molecule has 0 amide bonds. The topological polar surface area (TPSA) is 137 Å². The number of sulfonamides is 1. The summed E-state index contributed by atoms with van der Waals surface area (Å²) in [5, 5.41) is 13.0. The van der Waals surface area contributed by atoms with Crippen LogP contribution in [0, 0.1) is 6.92 Å². The van der Waals surface area contributed by atoms with Crippen LogP contribution in [0.5, 0.6) is 0 Å². The number of benzene rings is 2. The summed E-state index contributed by atoms with van der Waals surface area (Å²) in [5.41, 5.74) is 14.4. The number of nitrogen functional groups attached to an aromatic ring is 2. The molecule has 0 atom stereocenters. The largest absolute Gasteiger partial charge is 0.398 e. The van der Waals surface area contributed by atoms with Gasteiger partial charge in [-0.15, -0.1) is 5.11 Å². The predicted molar refractivity (Wildman–Crippen MR) is 82.0 cm³/mol. The van der Waals surface area contributed by atoms with Crippen LogP contribution in [-0.2, 0) is 10.0 Å². The molecule has 0 heterocycles. The normalized spacial score (nSPS) is 11.9. The Morgan fingerprint density at radius 1 is 0.952 bits per heavy atom. The highest BCUT2D eigenvalue weighted by atomic mass is 32.2. The first-order chi connectivity index (χ1) is 9.77. The van der Waals surface area contributed by atoms with Crippen LogP contribution in [0.25, 0.3) is 0 Å². The fourth-order valence-electron chi connectivity index (χ4n) is 1.63. The van der Waals surface area contributed by atoms with Crippen LogP contribution in [0.4, 0.5) is 22.7 Å². The highest BCUT2D eigenvalue weighted by Gasteiger charge is 2.06. The van der Waals surface area contributed by atoms with E-state index < -0.39 is 10.0 Å². The summed E-state index contributed by atoms with van der Waals surface area (Å²) in [4.78, 5) is 0.0179. The van der Waals surface area contributed by atoms with Crippen molar-refractivity contribution in [3.05, 3.63) is 42.0 Å². The average molecular weight is 305 g/mol. The molecule has 0 spiro atoms. The molecule has 110 valence electrons. The van der Waals surface area contributed by atoms with Gasteiger partial charge >= 0.3 is 0 Å². The highest BCUT2D eigenvalue weighted by molar-refractivity contribution is 7.89. The fourth-order valence-corrected chi connectivity index (χ4v) is 2.14. The molecular formula is C13H15N5O2S. The van der Waals surface area contributed by atoms with Crippen LogP contribution in [0.1, 0.15) is 5.56 Å². The van der Waals surface area contributed by atoms with Gasteiger partial charge in [0.05, 0.1) is 16.3 Å². The minimum absolute atomic E-state index is 0.0179. The molecule has 2 aromatic rings. The number of hydrogen-bond donors (Lipinski definition) is 3. The molecule has 0 aliphatic carbocycles. The van der Waals surface area contributed by atoms with E-state index in [1.807, 2.05) is 6.92 Å². The third-order valence-electron chi connectivity index (χ3n) is 2.85. The van der Waals surface area contributed by atoms with Crippen LogP contribution in [-0.4, -0.2) is 8.42 Å². The summed E-state index contributed by atoms with van der Waals surface area (Å²) in [7, 11) is -3.71. The fraction of sp³-hybridized carbons (Fsp3) is 0.0769. The quantitative estimate of drug-likeness (QED) is 0.591. The smallest absolute Gasteiger partial charge is 0.238 e. The number of hydrogen-bond acceptors (Lipinski definition) is 6. The minimum Gasteiger partial charge on any atom is -0.398 e. The maximum absolute atomic E-state index is 11.1. The second-order valence-electron chi connectivity index (χ2n) is 4.51. The Bertz CT molecular complexity index is 798. The maximum atomic E-state index is 11.1. The van der Waals surface area contributed by atoms with Gasteiger partial charge in [0.2, 0.25) is 10.0 Å². The van der Waals surface area contributed by atoms with Crippen LogP contribution >= 0.6 is 0 Å². The SMILES string of the molecule is Cc1cc(N=Nc2ccc(S(N)(=O)=O)cc2)c(N)cc1N. The van der Waals surface area contributed by atoms with Crippen LogP contribution < -0.4 is 16.6 Å². The van der Waals surface area contributed by atoms with E-state index >= 15 is 0 Å². The summed E-state index contributed by atoms with van der Waals surface area (Å²) in [6, 6.07) is 9.08. The molecule has 0 aromatic heterocycles. The van der Waals surface area contributed by atoms with Gasteiger partial charge in [0.15, 0.2) is 0 Å². The van der Waals surface area contributed by atoms with Crippen molar-refractivity contribution in [1.82, 2.24) is 0 Å². The van der Waals surface area contributed by atoms with Gasteiger partial charge in [0, 0.05) is 5.69 Å². The summed E-state index contributed by atoms with van der Waals surface area (Å²) in [6.07, 6.45) is 0. The molecular weight excluding hydrogens is 290 g/mol. The van der Waals surface area contributed by atoms with E-state index in [0.717, 1.165) is 5.56 Å². The van der Waals surface area contributed by atoms with E-state index in [0.29, 0.717) is 22.7 Å². The zero-order valence-electron chi connectivity index (χ0n) is 11.3. The van der Waals surface area contributed by atoms with Crippen molar-refractivity contribution in [2.45, 2.75) is 11.8 Å². The number of primary sulfonamides is 1. The molecule has 0 unspecified atom stereocenters. The first-order valence-electron chi connectivity index (χ1n) is 5.97. The lowest BCUT2D eigenvalue weighted by atomic mass is 10.1. The predicted octanol–water partition coefficient (Wildman–Crippen LogP) is 2.22. The molecule has 2 rings (SSSR count). The van der Waals surface area contributed by atoms with Gasteiger partial charge in [-0.05, 0) is 48.9 Å². The Morgan fingerprint density at radius 2 is 1.57 bits per heavy atom. The van der Waals surface area contributed by atoms with Gasteiger partial charge < -0.3 is 11.5 Å². The van der Waals surface area contributed by atoms with E-state index in [9.17, 15) is 8.42 Å². The highest BCUT2D eigenvalue weighted by Crippen LogP contribution is 2.29. The molecule has 0 fully saturated rings. The number of aryl methyl sites for hydroxylation is 1. The molecule has 0 saturated heterocycles. The van der Waals surface area contributed by atoms with Crippen LogP contribution in [0.2, 0.25) is 0 Å². The molecule has 7 nitrogen and oxygen atoms in total. The van der Waals surface area contributed by atoms with Crippen molar-refractivity contribution >= 4 is 32.8 Å². The second-order valence-corrected chi connectivity index (χ2v) is 6.07. The van der Waals surface area contributed by atoms with Crippen LogP contribution in [0.3, 0.4) is 0 Å². The Hall–Kier alpha value is -2.45. The lowest BCUT2D eigenvalue weighted by Gasteiger charge is -2.04. The lowest BCUT2D eigenvalue weighted by Crippen LogP contribution is -2.11. The third kappa shape index (κ3) is 3.56. The van der Waals surface area contributed by atoms with Gasteiger partial charge in [-0.3, -0.25) is 0 Å². The average Bonchev–Trinajstić information content (AvgIpc) is 2.41. The van der Waals surface area contributed by atoms with Gasteiger partial charge in [-0.25, -0.2) is 13.6 Å². The number of nitrogens with two attached hydrogens (primary N) is 3. The molecule has 6 N–H and O–H groups in total. The molecule has 0 radical (unpaired) electrons. The van der Waals surface area contributed by atoms with Gasteiger partial charge in [-0.1, -0.05) is 0 Å². The summed E-state index contributed by atoms with van der Waals surface area (Å²) < 4.78 is 22.3. The molecule has 0 aliphatic rings. The molecule has 21 heavy (non-hydrogen) atoms. The number of rotatable bonds is 3. The monoisotopic (exact) mass is 305 g/mol.